The maximum Gasteiger partial charge on any atom is 0.488 e. The first-order valence-corrected chi connectivity index (χ1v) is 9.07. The molecule has 10 heteroatoms. The largest absolute Gasteiger partial charge is 0.488 e. The standard InChI is InChI=1S/C18H20BN5O4/c1-3-28-18(25)15-9-20-24(12-6-4-5-11(7-12)19(26)27)17(15)14-8-13(14)16-10-23(2)22-21-16/h4-7,9-10,13-14,26-27H,3,8H2,1-2H3/t13-,14-/m0/s1. The molecule has 0 unspecified atom stereocenters. The predicted molar refractivity (Wildman–Crippen MR) is 100 cm³/mol. The second-order valence-electron chi connectivity index (χ2n) is 6.81. The summed E-state index contributed by atoms with van der Waals surface area (Å²) in [6, 6.07) is 6.77. The van der Waals surface area contributed by atoms with Gasteiger partial charge in [-0.2, -0.15) is 5.10 Å². The zero-order chi connectivity index (χ0) is 19.8. The molecule has 0 radical (unpaired) electrons. The molecule has 1 aromatic carbocycles. The first-order chi connectivity index (χ1) is 13.5. The monoisotopic (exact) mass is 381 g/mol. The van der Waals surface area contributed by atoms with Gasteiger partial charge in [-0.3, -0.25) is 4.68 Å². The van der Waals surface area contributed by atoms with Gasteiger partial charge in [0.05, 0.1) is 29.9 Å². The number of ether oxygens (including phenoxy) is 1. The number of nitrogens with zero attached hydrogens (tertiary/aromatic N) is 5. The van der Waals surface area contributed by atoms with Crippen molar-refractivity contribution < 1.29 is 19.6 Å². The van der Waals surface area contributed by atoms with E-state index in [1.54, 1.807) is 40.6 Å². The van der Waals surface area contributed by atoms with Crippen LogP contribution in [0.25, 0.3) is 5.69 Å². The summed E-state index contributed by atoms with van der Waals surface area (Å²) in [7, 11) is 0.227. The number of hydrogen-bond donors (Lipinski definition) is 2. The van der Waals surface area contributed by atoms with Crippen LogP contribution in [0.3, 0.4) is 0 Å². The van der Waals surface area contributed by atoms with Crippen molar-refractivity contribution in [3.63, 3.8) is 0 Å². The van der Waals surface area contributed by atoms with E-state index in [4.69, 9.17) is 4.74 Å². The molecule has 1 aliphatic rings. The maximum atomic E-state index is 12.5. The lowest BCUT2D eigenvalue weighted by molar-refractivity contribution is 0.0525. The average molecular weight is 381 g/mol. The molecule has 2 heterocycles. The Morgan fingerprint density at radius 1 is 1.36 bits per heavy atom. The van der Waals surface area contributed by atoms with E-state index in [9.17, 15) is 14.8 Å². The molecule has 0 spiro atoms. The SMILES string of the molecule is CCOC(=O)c1cnn(-c2cccc(B(O)O)c2)c1[C@H]1C[C@@H]1c1cn(C)nn1. The fraction of sp³-hybridized carbons (Fsp3) is 0.333. The Labute approximate surface area is 161 Å². The third-order valence-electron chi connectivity index (χ3n) is 4.86. The van der Waals surface area contributed by atoms with Crippen molar-refractivity contribution >= 4 is 18.6 Å². The fourth-order valence-corrected chi connectivity index (χ4v) is 3.46. The van der Waals surface area contributed by atoms with Crippen molar-refractivity contribution in [2.24, 2.45) is 7.05 Å². The number of aromatic nitrogens is 5. The topological polar surface area (TPSA) is 115 Å². The molecule has 9 nitrogen and oxygen atoms in total. The molecule has 2 atom stereocenters. The van der Waals surface area contributed by atoms with E-state index < -0.39 is 13.1 Å². The first kappa shape index (κ1) is 18.4. The van der Waals surface area contributed by atoms with Crippen molar-refractivity contribution in [2.45, 2.75) is 25.2 Å². The van der Waals surface area contributed by atoms with Gasteiger partial charge in [-0.15, -0.1) is 5.10 Å². The van der Waals surface area contributed by atoms with E-state index in [-0.39, 0.29) is 18.4 Å². The summed E-state index contributed by atoms with van der Waals surface area (Å²) in [5.41, 5.74) is 3.00. The molecule has 28 heavy (non-hydrogen) atoms. The second-order valence-corrected chi connectivity index (χ2v) is 6.81. The summed E-state index contributed by atoms with van der Waals surface area (Å²) in [4.78, 5) is 12.5. The van der Waals surface area contributed by atoms with Crippen LogP contribution in [0.4, 0.5) is 0 Å². The van der Waals surface area contributed by atoms with Gasteiger partial charge in [0.1, 0.15) is 5.56 Å². The number of aryl methyl sites for hydroxylation is 1. The molecule has 0 bridgehead atoms. The molecule has 2 N–H and O–H groups in total. The van der Waals surface area contributed by atoms with Gasteiger partial charge in [0.2, 0.25) is 0 Å². The molecule has 2 aromatic heterocycles. The zero-order valence-electron chi connectivity index (χ0n) is 15.6. The lowest BCUT2D eigenvalue weighted by Gasteiger charge is -2.11. The van der Waals surface area contributed by atoms with Crippen LogP contribution in [0.1, 0.15) is 46.9 Å². The fourth-order valence-electron chi connectivity index (χ4n) is 3.46. The Balaban J connectivity index is 1.76. The summed E-state index contributed by atoms with van der Waals surface area (Å²) in [6.07, 6.45) is 4.19. The van der Waals surface area contributed by atoms with Gasteiger partial charge in [-0.05, 0) is 30.9 Å². The molecule has 144 valence electrons. The minimum Gasteiger partial charge on any atom is -0.462 e. The highest BCUT2D eigenvalue weighted by Crippen LogP contribution is 2.55. The van der Waals surface area contributed by atoms with Crippen molar-refractivity contribution in [3.05, 3.63) is 53.6 Å². The van der Waals surface area contributed by atoms with Crippen molar-refractivity contribution in [2.75, 3.05) is 6.61 Å². The van der Waals surface area contributed by atoms with E-state index in [2.05, 4.69) is 15.4 Å². The molecule has 1 aliphatic carbocycles. The van der Waals surface area contributed by atoms with E-state index >= 15 is 0 Å². The Kier molecular flexibility index (Phi) is 4.74. The van der Waals surface area contributed by atoms with Crippen LogP contribution in [0.5, 0.6) is 0 Å². The Hall–Kier alpha value is -2.98. The summed E-state index contributed by atoms with van der Waals surface area (Å²) in [6.45, 7) is 2.03. The van der Waals surface area contributed by atoms with Gasteiger partial charge in [-0.25, -0.2) is 9.48 Å². The highest BCUT2D eigenvalue weighted by atomic mass is 16.5. The van der Waals surface area contributed by atoms with E-state index in [0.29, 0.717) is 16.7 Å². The van der Waals surface area contributed by atoms with Crippen LogP contribution in [-0.2, 0) is 11.8 Å². The number of carbonyl (C=O) groups is 1. The number of esters is 1. The number of hydrogen-bond acceptors (Lipinski definition) is 7. The van der Waals surface area contributed by atoms with Crippen LogP contribution in [-0.4, -0.2) is 54.5 Å². The lowest BCUT2D eigenvalue weighted by atomic mass is 9.80. The Morgan fingerprint density at radius 2 is 2.18 bits per heavy atom. The minimum absolute atomic E-state index is 0.0429. The molecule has 0 saturated heterocycles. The van der Waals surface area contributed by atoms with Gasteiger partial charge in [0.25, 0.3) is 0 Å². The van der Waals surface area contributed by atoms with E-state index in [1.807, 2.05) is 13.2 Å². The summed E-state index contributed by atoms with van der Waals surface area (Å²) in [5, 5.41) is 31.5. The van der Waals surface area contributed by atoms with Crippen LogP contribution >= 0.6 is 0 Å². The van der Waals surface area contributed by atoms with Gasteiger partial charge in [0.15, 0.2) is 0 Å². The summed E-state index contributed by atoms with van der Waals surface area (Å²) < 4.78 is 8.52. The minimum atomic E-state index is -1.59. The molecule has 0 amide bonds. The second kappa shape index (κ2) is 7.21. The Morgan fingerprint density at radius 3 is 2.86 bits per heavy atom. The smallest absolute Gasteiger partial charge is 0.462 e. The van der Waals surface area contributed by atoms with Crippen LogP contribution in [0.2, 0.25) is 0 Å². The van der Waals surface area contributed by atoms with Crippen LogP contribution < -0.4 is 5.46 Å². The summed E-state index contributed by atoms with van der Waals surface area (Å²) in [5.74, 6) is -0.239. The normalized spacial score (nSPS) is 18.1. The molecular weight excluding hydrogens is 361 g/mol. The predicted octanol–water partition coefficient (Wildman–Crippen LogP) is 0.128. The first-order valence-electron chi connectivity index (χ1n) is 9.07. The van der Waals surface area contributed by atoms with Gasteiger partial charge >= 0.3 is 13.1 Å². The highest BCUT2D eigenvalue weighted by molar-refractivity contribution is 6.58. The molecule has 0 aliphatic heterocycles. The van der Waals surface area contributed by atoms with Gasteiger partial charge in [0, 0.05) is 25.1 Å². The van der Waals surface area contributed by atoms with Crippen molar-refractivity contribution in [1.29, 1.82) is 0 Å². The molecular formula is C18H20BN5O4. The quantitative estimate of drug-likeness (QED) is 0.461. The van der Waals surface area contributed by atoms with Crippen molar-refractivity contribution in [3.8, 4) is 5.69 Å². The lowest BCUT2D eigenvalue weighted by Crippen LogP contribution is -2.30. The van der Waals surface area contributed by atoms with E-state index in [1.165, 1.54) is 6.20 Å². The molecule has 3 aromatic rings. The maximum absolute atomic E-state index is 12.5. The Bertz CT molecular complexity index is 1020. The van der Waals surface area contributed by atoms with Gasteiger partial charge < -0.3 is 14.8 Å². The third kappa shape index (κ3) is 3.32. The van der Waals surface area contributed by atoms with Crippen LogP contribution in [0, 0.1) is 0 Å². The third-order valence-corrected chi connectivity index (χ3v) is 4.86. The van der Waals surface area contributed by atoms with Crippen molar-refractivity contribution in [1.82, 2.24) is 24.8 Å². The zero-order valence-corrected chi connectivity index (χ0v) is 15.6. The number of rotatable bonds is 6. The van der Waals surface area contributed by atoms with E-state index in [0.717, 1.165) is 17.8 Å². The molecule has 1 fully saturated rings. The molecule has 1 saturated carbocycles. The highest BCUT2D eigenvalue weighted by Gasteiger charge is 2.46. The number of carbonyl (C=O) groups excluding carboxylic acids is 1. The molecule has 4 rings (SSSR count). The number of benzene rings is 1. The van der Waals surface area contributed by atoms with Gasteiger partial charge in [-0.1, -0.05) is 17.3 Å². The summed E-state index contributed by atoms with van der Waals surface area (Å²) >= 11 is 0. The average Bonchev–Trinajstić information content (AvgIpc) is 3.13. The van der Waals surface area contributed by atoms with Crippen LogP contribution in [0.15, 0.2) is 36.7 Å².